The third-order valence-electron chi connectivity index (χ3n) is 8.51. The minimum atomic E-state index is -0.716. The molecule has 282 valence electrons. The highest BCUT2D eigenvalue weighted by Gasteiger charge is 2.29. The van der Waals surface area contributed by atoms with Crippen LogP contribution in [0.3, 0.4) is 0 Å². The van der Waals surface area contributed by atoms with Gasteiger partial charge in [-0.2, -0.15) is 0 Å². The molecule has 4 aromatic rings. The van der Waals surface area contributed by atoms with Crippen LogP contribution in [0.1, 0.15) is 51.7 Å². The molecule has 14 heteroatoms. The van der Waals surface area contributed by atoms with E-state index in [2.05, 4.69) is 15.6 Å². The zero-order valence-electron chi connectivity index (χ0n) is 30.6. The van der Waals surface area contributed by atoms with E-state index in [0.717, 1.165) is 0 Å². The number of aliphatic hydroxyl groups excluding tert-OH is 1. The van der Waals surface area contributed by atoms with E-state index in [9.17, 15) is 14.7 Å². The number of ether oxygens (including phenoxy) is 3. The molecule has 0 bridgehead atoms. The fourth-order valence-electron chi connectivity index (χ4n) is 6.03. The Morgan fingerprint density at radius 1 is 1.09 bits per heavy atom. The van der Waals surface area contributed by atoms with Crippen molar-refractivity contribution >= 4 is 35.2 Å². The average Bonchev–Trinajstić information content (AvgIpc) is 3.52. The Kier molecular flexibility index (Phi) is 12.8. The van der Waals surface area contributed by atoms with Crippen LogP contribution in [0.4, 0.5) is 9.18 Å². The number of rotatable bonds is 13. The van der Waals surface area contributed by atoms with E-state index in [1.54, 1.807) is 57.0 Å². The number of methoxy groups -OCH3 is 2. The lowest BCUT2D eigenvalue weighted by atomic mass is 9.99. The monoisotopic (exact) mass is 767 g/mol. The predicted molar refractivity (Wildman–Crippen MR) is 203 cm³/mol. The molecule has 1 saturated heterocycles. The van der Waals surface area contributed by atoms with Gasteiger partial charge in [0.2, 0.25) is 11.8 Å². The largest absolute Gasteiger partial charge is 0.496 e. The lowest BCUT2D eigenvalue weighted by molar-refractivity contribution is -0.119. The van der Waals surface area contributed by atoms with Crippen molar-refractivity contribution in [2.75, 3.05) is 27.3 Å². The summed E-state index contributed by atoms with van der Waals surface area (Å²) < 4.78 is 32.3. The quantitative estimate of drug-likeness (QED) is 0.127. The first-order valence-electron chi connectivity index (χ1n) is 17.2. The SMILES string of the molecule is COc1cc(-c2nccc(-c3cccc(-c4ccc(CN(C[C@@H]5CCC(=O)N5)C(=O)OC(C)(C)C)c(OC)n4)c3Cl)c2Cl)cc(F)c1CNC[C@H](C)O. The van der Waals surface area contributed by atoms with Gasteiger partial charge in [-0.3, -0.25) is 9.78 Å². The van der Waals surface area contributed by atoms with Crippen LogP contribution < -0.4 is 20.1 Å². The van der Waals surface area contributed by atoms with Gasteiger partial charge in [0.1, 0.15) is 17.2 Å². The van der Waals surface area contributed by atoms with E-state index in [1.165, 1.54) is 20.3 Å². The molecule has 0 radical (unpaired) electrons. The molecule has 5 rings (SSSR count). The maximum absolute atomic E-state index is 15.4. The summed E-state index contributed by atoms with van der Waals surface area (Å²) in [4.78, 5) is 35.9. The molecule has 53 heavy (non-hydrogen) atoms. The Morgan fingerprint density at radius 3 is 2.49 bits per heavy atom. The van der Waals surface area contributed by atoms with Gasteiger partial charge in [-0.1, -0.05) is 41.4 Å². The van der Waals surface area contributed by atoms with Crippen molar-refractivity contribution in [2.45, 2.75) is 71.4 Å². The Hall–Kier alpha value is -4.49. The standard InChI is InChI=1S/C39H44Cl2FN5O6/c1-22(48)18-43-19-29-30(42)16-24(17-32(29)51-5)36-35(41)27(14-15-44-36)26-8-7-9-28(34(26)40)31-12-10-23(37(46-31)52-6)20-47(38(50)53-39(2,3)4)21-25-11-13-33(49)45-25/h7-10,12,14-17,22,25,43,48H,11,13,18-21H2,1-6H3,(H,45,49)/t22-,25-/m0/s1. The van der Waals surface area contributed by atoms with Crippen LogP contribution in [0.15, 0.2) is 54.7 Å². The van der Waals surface area contributed by atoms with Gasteiger partial charge >= 0.3 is 6.09 Å². The van der Waals surface area contributed by atoms with Crippen LogP contribution in [-0.2, 0) is 22.6 Å². The predicted octanol–water partition coefficient (Wildman–Crippen LogP) is 7.43. The molecule has 0 unspecified atom stereocenters. The summed E-state index contributed by atoms with van der Waals surface area (Å²) >= 11 is 14.1. The topological polar surface area (TPSA) is 135 Å². The minimum Gasteiger partial charge on any atom is -0.496 e. The van der Waals surface area contributed by atoms with Crippen molar-refractivity contribution in [3.8, 4) is 45.3 Å². The number of hydrogen-bond acceptors (Lipinski definition) is 9. The van der Waals surface area contributed by atoms with E-state index in [4.69, 9.17) is 42.4 Å². The summed E-state index contributed by atoms with van der Waals surface area (Å²) in [6, 6.07) is 13.6. The Balaban J connectivity index is 1.45. The van der Waals surface area contributed by atoms with E-state index >= 15 is 4.39 Å². The highest BCUT2D eigenvalue weighted by molar-refractivity contribution is 6.39. The summed E-state index contributed by atoms with van der Waals surface area (Å²) in [5, 5.41) is 16.1. The molecule has 0 aliphatic carbocycles. The average molecular weight is 769 g/mol. The first-order chi connectivity index (χ1) is 25.2. The van der Waals surface area contributed by atoms with E-state index in [-0.39, 0.29) is 42.5 Å². The fourth-order valence-corrected chi connectivity index (χ4v) is 6.68. The molecule has 1 aliphatic rings. The Labute approximate surface area is 318 Å². The first kappa shape index (κ1) is 39.7. The smallest absolute Gasteiger partial charge is 0.410 e. The van der Waals surface area contributed by atoms with Gasteiger partial charge in [-0.05, 0) is 64.4 Å². The summed E-state index contributed by atoms with van der Waals surface area (Å²) in [5.74, 6) is 0.0403. The fraction of sp³-hybridized carbons (Fsp3) is 0.385. The number of amides is 2. The molecule has 1 aliphatic heterocycles. The van der Waals surface area contributed by atoms with Crippen molar-refractivity contribution in [1.82, 2.24) is 25.5 Å². The van der Waals surface area contributed by atoms with Crippen LogP contribution in [-0.4, -0.2) is 77.0 Å². The number of nitrogens with one attached hydrogen (secondary N) is 2. The highest BCUT2D eigenvalue weighted by Crippen LogP contribution is 2.42. The van der Waals surface area contributed by atoms with Crippen LogP contribution in [0.5, 0.6) is 11.6 Å². The molecule has 0 spiro atoms. The van der Waals surface area contributed by atoms with E-state index < -0.39 is 23.6 Å². The Morgan fingerprint density at radius 2 is 1.83 bits per heavy atom. The first-order valence-corrected chi connectivity index (χ1v) is 17.9. The lowest BCUT2D eigenvalue weighted by Gasteiger charge is -2.29. The number of nitrogens with zero attached hydrogens (tertiary/aromatic N) is 3. The number of halogens is 3. The van der Waals surface area contributed by atoms with Gasteiger partial charge in [-0.25, -0.2) is 14.2 Å². The number of hydrogen-bond donors (Lipinski definition) is 3. The third kappa shape index (κ3) is 9.74. The summed E-state index contributed by atoms with van der Waals surface area (Å²) in [5.41, 5.74) is 3.26. The molecule has 11 nitrogen and oxygen atoms in total. The number of aliphatic hydroxyl groups is 1. The molecule has 0 saturated carbocycles. The number of carbonyl (C=O) groups excluding carboxylic acids is 2. The van der Waals surface area contributed by atoms with Crippen molar-refractivity contribution in [3.05, 3.63) is 81.7 Å². The highest BCUT2D eigenvalue weighted by atomic mass is 35.5. The molecule has 2 amide bonds. The molecular weight excluding hydrogens is 724 g/mol. The van der Waals surface area contributed by atoms with Gasteiger partial charge < -0.3 is 34.9 Å². The third-order valence-corrected chi connectivity index (χ3v) is 9.30. The maximum Gasteiger partial charge on any atom is 0.410 e. The molecule has 2 aromatic heterocycles. The van der Waals surface area contributed by atoms with Crippen molar-refractivity contribution < 1.29 is 33.3 Å². The second-order valence-corrected chi connectivity index (χ2v) is 14.6. The minimum absolute atomic E-state index is 0.0485. The van der Waals surface area contributed by atoms with Crippen LogP contribution >= 0.6 is 23.2 Å². The second kappa shape index (κ2) is 17.1. The number of aromatic nitrogens is 2. The van der Waals surface area contributed by atoms with Gasteiger partial charge in [-0.15, -0.1) is 0 Å². The van der Waals surface area contributed by atoms with Gasteiger partial charge in [0.25, 0.3) is 0 Å². The van der Waals surface area contributed by atoms with Gasteiger partial charge in [0, 0.05) is 71.7 Å². The zero-order chi connectivity index (χ0) is 38.4. The van der Waals surface area contributed by atoms with Crippen molar-refractivity contribution in [1.29, 1.82) is 0 Å². The van der Waals surface area contributed by atoms with E-state index in [0.29, 0.717) is 74.9 Å². The summed E-state index contributed by atoms with van der Waals surface area (Å²) in [6.45, 7) is 7.87. The van der Waals surface area contributed by atoms with Crippen molar-refractivity contribution in [3.63, 3.8) is 0 Å². The van der Waals surface area contributed by atoms with Crippen molar-refractivity contribution in [2.24, 2.45) is 0 Å². The number of carbonyl (C=O) groups is 2. The van der Waals surface area contributed by atoms with Crippen LogP contribution in [0.25, 0.3) is 33.6 Å². The van der Waals surface area contributed by atoms with Crippen LogP contribution in [0.2, 0.25) is 10.0 Å². The van der Waals surface area contributed by atoms with E-state index in [1.807, 2.05) is 24.3 Å². The molecule has 2 atom stereocenters. The zero-order valence-corrected chi connectivity index (χ0v) is 32.1. The number of pyridine rings is 2. The molecule has 3 N–H and O–H groups in total. The van der Waals surface area contributed by atoms with Gasteiger partial charge in [0.05, 0.1) is 48.3 Å². The molecule has 1 fully saturated rings. The summed E-state index contributed by atoms with van der Waals surface area (Å²) in [7, 11) is 2.95. The number of benzene rings is 2. The maximum atomic E-state index is 15.4. The van der Waals surface area contributed by atoms with Gasteiger partial charge in [0.15, 0.2) is 0 Å². The lowest BCUT2D eigenvalue weighted by Crippen LogP contribution is -2.43. The normalized spacial score (nSPS) is 14.8. The second-order valence-electron chi connectivity index (χ2n) is 13.8. The Bertz CT molecular complexity index is 1970. The molecule has 3 heterocycles. The molecule has 2 aromatic carbocycles. The van der Waals surface area contributed by atoms with Crippen LogP contribution in [0, 0.1) is 5.82 Å². The summed E-state index contributed by atoms with van der Waals surface area (Å²) in [6.07, 6.45) is 1.49. The molecular formula is C39H44Cl2FN5O6.